The summed E-state index contributed by atoms with van der Waals surface area (Å²) in [5.41, 5.74) is 3.30. The molecule has 154 valence electrons. The van der Waals surface area contributed by atoms with E-state index in [-0.39, 0.29) is 11.3 Å². The zero-order valence-corrected chi connectivity index (χ0v) is 17.8. The number of carbonyl (C=O) groups excluding carboxylic acids is 1. The normalized spacial score (nSPS) is 30.1. The van der Waals surface area contributed by atoms with Crippen molar-refractivity contribution >= 4 is 5.91 Å². The van der Waals surface area contributed by atoms with Crippen LogP contribution in [-0.4, -0.2) is 48.0 Å². The maximum atomic E-state index is 13.9. The van der Waals surface area contributed by atoms with Gasteiger partial charge in [-0.15, -0.1) is 0 Å². The van der Waals surface area contributed by atoms with Crippen molar-refractivity contribution in [2.75, 3.05) is 26.2 Å². The second-order valence-corrected chi connectivity index (χ2v) is 9.06. The Morgan fingerprint density at radius 1 is 1.25 bits per heavy atom. The molecule has 0 radical (unpaired) electrons. The van der Waals surface area contributed by atoms with Gasteiger partial charge in [0.2, 0.25) is 5.91 Å². The van der Waals surface area contributed by atoms with E-state index in [1.165, 1.54) is 18.4 Å². The molecule has 0 bridgehead atoms. The van der Waals surface area contributed by atoms with Crippen molar-refractivity contribution in [1.82, 2.24) is 20.5 Å². The van der Waals surface area contributed by atoms with Crippen LogP contribution >= 0.6 is 0 Å². The van der Waals surface area contributed by atoms with Gasteiger partial charge in [-0.25, -0.2) is 0 Å². The molecule has 2 fully saturated rings. The number of amides is 1. The number of nitrogens with zero attached hydrogens (tertiary/aromatic N) is 2. The molecule has 1 amide bonds. The van der Waals surface area contributed by atoms with Crippen molar-refractivity contribution in [3.63, 3.8) is 0 Å². The van der Waals surface area contributed by atoms with Gasteiger partial charge in [-0.2, -0.15) is 0 Å². The maximum Gasteiger partial charge on any atom is 0.228 e. The molecule has 3 atom stereocenters. The Morgan fingerprint density at radius 3 is 2.82 bits per heavy atom. The van der Waals surface area contributed by atoms with E-state index in [1.54, 1.807) is 0 Å². The fraction of sp³-hybridized carbons (Fsp3) is 0.739. The van der Waals surface area contributed by atoms with Crippen LogP contribution in [0.2, 0.25) is 0 Å². The van der Waals surface area contributed by atoms with E-state index in [4.69, 9.17) is 4.98 Å². The van der Waals surface area contributed by atoms with Gasteiger partial charge >= 0.3 is 0 Å². The molecule has 2 saturated heterocycles. The number of pyridine rings is 1. The molecule has 0 saturated carbocycles. The number of hydrogen-bond donors (Lipinski definition) is 2. The zero-order chi connectivity index (χ0) is 19.7. The topological polar surface area (TPSA) is 57.3 Å². The molecule has 2 N–H and O–H groups in total. The molecule has 28 heavy (non-hydrogen) atoms. The van der Waals surface area contributed by atoms with Crippen molar-refractivity contribution in [3.05, 3.63) is 29.1 Å². The quantitative estimate of drug-likeness (QED) is 0.838. The van der Waals surface area contributed by atoms with Gasteiger partial charge in [-0.1, -0.05) is 32.8 Å². The highest BCUT2D eigenvalue weighted by Gasteiger charge is 2.52. The Labute approximate surface area is 169 Å². The number of aryl methyl sites for hydroxylation is 1. The second-order valence-electron chi connectivity index (χ2n) is 9.06. The minimum absolute atomic E-state index is 0.00137. The first-order valence-electron chi connectivity index (χ1n) is 11.3. The van der Waals surface area contributed by atoms with E-state index in [0.717, 1.165) is 63.4 Å². The Kier molecular flexibility index (Phi) is 5.75. The summed E-state index contributed by atoms with van der Waals surface area (Å²) in [5.74, 6) is 0.992. The number of carbonyl (C=O) groups is 1. The fourth-order valence-electron chi connectivity index (χ4n) is 6.00. The molecule has 0 aliphatic carbocycles. The van der Waals surface area contributed by atoms with Crippen LogP contribution in [0.25, 0.3) is 0 Å². The molecule has 1 spiro atoms. The number of fused-ring (bicyclic) bond motifs is 2. The lowest BCUT2D eigenvalue weighted by Gasteiger charge is -2.45. The number of piperidine rings is 1. The molecule has 0 aromatic carbocycles. The van der Waals surface area contributed by atoms with Gasteiger partial charge in [0.05, 0.1) is 11.6 Å². The smallest absolute Gasteiger partial charge is 0.228 e. The predicted molar refractivity (Wildman–Crippen MR) is 112 cm³/mol. The molecule has 5 heteroatoms. The first kappa shape index (κ1) is 19.8. The van der Waals surface area contributed by atoms with Crippen molar-refractivity contribution in [3.8, 4) is 0 Å². The summed E-state index contributed by atoms with van der Waals surface area (Å²) in [6, 6.07) is 4.76. The lowest BCUT2D eigenvalue weighted by molar-refractivity contribution is -0.142. The van der Waals surface area contributed by atoms with Crippen LogP contribution in [0.1, 0.15) is 62.9 Å². The third-order valence-electron chi connectivity index (χ3n) is 7.56. The van der Waals surface area contributed by atoms with E-state index in [9.17, 15) is 4.79 Å². The first-order chi connectivity index (χ1) is 13.6. The minimum atomic E-state index is -0.165. The first-order valence-corrected chi connectivity index (χ1v) is 11.3. The summed E-state index contributed by atoms with van der Waals surface area (Å²) in [7, 11) is 0. The third kappa shape index (κ3) is 3.26. The highest BCUT2D eigenvalue weighted by molar-refractivity contribution is 5.82. The van der Waals surface area contributed by atoms with Crippen molar-refractivity contribution in [2.45, 2.75) is 70.9 Å². The van der Waals surface area contributed by atoms with Crippen LogP contribution in [0.3, 0.4) is 0 Å². The zero-order valence-electron chi connectivity index (χ0n) is 17.8. The summed E-state index contributed by atoms with van der Waals surface area (Å²) in [6.07, 6.45) is 5.89. The minimum Gasteiger partial charge on any atom is -0.339 e. The van der Waals surface area contributed by atoms with Crippen LogP contribution in [0.15, 0.2) is 12.1 Å². The highest BCUT2D eigenvalue weighted by Crippen LogP contribution is 2.41. The summed E-state index contributed by atoms with van der Waals surface area (Å²) < 4.78 is 0. The average molecular weight is 385 g/mol. The van der Waals surface area contributed by atoms with E-state index in [1.807, 2.05) is 6.92 Å². The third-order valence-corrected chi connectivity index (χ3v) is 7.56. The number of hydrogen-bond acceptors (Lipinski definition) is 4. The Hall–Kier alpha value is -1.46. The Bertz CT molecular complexity index is 717. The molecule has 4 heterocycles. The fourth-order valence-corrected chi connectivity index (χ4v) is 6.00. The molecule has 3 aliphatic rings. The number of rotatable bonds is 4. The van der Waals surface area contributed by atoms with Gasteiger partial charge < -0.3 is 15.5 Å². The van der Waals surface area contributed by atoms with E-state index in [2.05, 4.69) is 41.5 Å². The molecule has 5 nitrogen and oxygen atoms in total. The van der Waals surface area contributed by atoms with Crippen LogP contribution < -0.4 is 10.6 Å². The lowest BCUT2D eigenvalue weighted by atomic mass is 9.69. The van der Waals surface area contributed by atoms with E-state index < -0.39 is 0 Å². The van der Waals surface area contributed by atoms with Gasteiger partial charge in [0.25, 0.3) is 0 Å². The van der Waals surface area contributed by atoms with Crippen molar-refractivity contribution < 1.29 is 4.79 Å². The SMILES string of the molecule is CCC(CC)[C@@H]1CCCCN1C(=O)[C@@H]1CNC[C@]12CNCc1nc(C)ccc12. The monoisotopic (exact) mass is 384 g/mol. The average Bonchev–Trinajstić information content (AvgIpc) is 3.12. The van der Waals surface area contributed by atoms with Crippen LogP contribution in [-0.2, 0) is 16.8 Å². The summed E-state index contributed by atoms with van der Waals surface area (Å²) in [4.78, 5) is 21.0. The predicted octanol–water partition coefficient (Wildman–Crippen LogP) is 2.77. The number of nitrogens with one attached hydrogen (secondary N) is 2. The van der Waals surface area contributed by atoms with Gasteiger partial charge in [0.1, 0.15) is 0 Å². The van der Waals surface area contributed by atoms with Crippen LogP contribution in [0.5, 0.6) is 0 Å². The molecule has 3 aliphatic heterocycles. The molecular weight excluding hydrogens is 348 g/mol. The lowest BCUT2D eigenvalue weighted by Crippen LogP contribution is -2.57. The van der Waals surface area contributed by atoms with Gasteiger partial charge in [-0.3, -0.25) is 9.78 Å². The van der Waals surface area contributed by atoms with E-state index >= 15 is 0 Å². The second kappa shape index (κ2) is 8.11. The maximum absolute atomic E-state index is 13.9. The van der Waals surface area contributed by atoms with Gasteiger partial charge in [0.15, 0.2) is 0 Å². The molecule has 4 rings (SSSR count). The molecule has 1 aromatic heterocycles. The molecular formula is C23H36N4O. The standard InChI is InChI=1S/C23H36N4O/c1-4-17(5-2)21-8-6-7-11-27(21)22(28)19-12-24-14-23(19)15-25-13-20-18(23)10-9-16(3)26-20/h9-10,17,19,21,24-25H,4-8,11-15H2,1-3H3/t19-,21-,23+/m0/s1. The van der Waals surface area contributed by atoms with Gasteiger partial charge in [0, 0.05) is 49.9 Å². The van der Waals surface area contributed by atoms with Crippen molar-refractivity contribution in [1.29, 1.82) is 0 Å². The summed E-state index contributed by atoms with van der Waals surface area (Å²) in [5, 5.41) is 7.14. The van der Waals surface area contributed by atoms with Crippen molar-refractivity contribution in [2.24, 2.45) is 11.8 Å². The summed E-state index contributed by atoms with van der Waals surface area (Å²) >= 11 is 0. The molecule has 1 aromatic rings. The Morgan fingerprint density at radius 2 is 2.04 bits per heavy atom. The number of aromatic nitrogens is 1. The summed E-state index contributed by atoms with van der Waals surface area (Å²) in [6.45, 7) is 10.8. The van der Waals surface area contributed by atoms with Gasteiger partial charge in [-0.05, 0) is 43.7 Å². The van der Waals surface area contributed by atoms with E-state index in [0.29, 0.717) is 17.9 Å². The van der Waals surface area contributed by atoms with Crippen LogP contribution in [0.4, 0.5) is 0 Å². The Balaban J connectivity index is 1.66. The number of likely N-dealkylation sites (tertiary alicyclic amines) is 1. The highest BCUT2D eigenvalue weighted by atomic mass is 16.2. The molecule has 0 unspecified atom stereocenters. The largest absolute Gasteiger partial charge is 0.339 e. The van der Waals surface area contributed by atoms with Crippen LogP contribution in [0, 0.1) is 18.8 Å².